The van der Waals surface area contributed by atoms with E-state index in [0.29, 0.717) is 5.92 Å². The Morgan fingerprint density at radius 2 is 1.62 bits per heavy atom. The highest BCUT2D eigenvalue weighted by molar-refractivity contribution is 5.35. The molecule has 0 aliphatic heterocycles. The molecule has 0 heterocycles. The molecule has 0 bridgehead atoms. The molecule has 0 amide bonds. The first-order valence-corrected chi connectivity index (χ1v) is 4.88. The lowest BCUT2D eigenvalue weighted by atomic mass is 10.0. The largest absolute Gasteiger partial charge is 0.496 e. The molecule has 0 aliphatic carbocycles. The number of rotatable bonds is 2. The van der Waals surface area contributed by atoms with Crippen LogP contribution in [-0.2, 0) is 0 Å². The Hall–Kier alpha value is -0.980. The Balaban J connectivity index is 0.000000671. The van der Waals surface area contributed by atoms with Gasteiger partial charge in [0.2, 0.25) is 0 Å². The highest BCUT2D eigenvalue weighted by Crippen LogP contribution is 2.24. The molecule has 74 valence electrons. The zero-order chi connectivity index (χ0) is 10.3. The molecule has 1 aromatic rings. The minimum atomic E-state index is 0.533. The lowest BCUT2D eigenvalue weighted by Gasteiger charge is -2.10. The van der Waals surface area contributed by atoms with Crippen molar-refractivity contribution < 1.29 is 4.74 Å². The van der Waals surface area contributed by atoms with Gasteiger partial charge >= 0.3 is 0 Å². The SMILES string of the molecule is CC.COc1ccccc1C(C)C. The third-order valence-electron chi connectivity index (χ3n) is 1.76. The van der Waals surface area contributed by atoms with Gasteiger partial charge in [0.1, 0.15) is 5.75 Å². The second-order valence-corrected chi connectivity index (χ2v) is 2.90. The highest BCUT2D eigenvalue weighted by atomic mass is 16.5. The van der Waals surface area contributed by atoms with Gasteiger partial charge in [0.05, 0.1) is 7.11 Å². The standard InChI is InChI=1S/C10H14O.C2H6/c1-8(2)9-6-4-5-7-10(9)11-3;1-2/h4-8H,1-3H3;1-2H3. The van der Waals surface area contributed by atoms with Gasteiger partial charge in [-0.2, -0.15) is 0 Å². The zero-order valence-corrected chi connectivity index (χ0v) is 9.29. The predicted octanol–water partition coefficient (Wildman–Crippen LogP) is 3.84. The molecule has 0 N–H and O–H groups in total. The van der Waals surface area contributed by atoms with Crippen molar-refractivity contribution in [1.29, 1.82) is 0 Å². The van der Waals surface area contributed by atoms with E-state index in [1.807, 2.05) is 32.0 Å². The summed E-state index contributed by atoms with van der Waals surface area (Å²) in [6.07, 6.45) is 0. The van der Waals surface area contributed by atoms with Crippen molar-refractivity contribution in [1.82, 2.24) is 0 Å². The van der Waals surface area contributed by atoms with Crippen molar-refractivity contribution in [3.05, 3.63) is 29.8 Å². The lowest BCUT2D eigenvalue weighted by molar-refractivity contribution is 0.407. The fourth-order valence-electron chi connectivity index (χ4n) is 1.14. The topological polar surface area (TPSA) is 9.23 Å². The fraction of sp³-hybridized carbons (Fsp3) is 0.500. The molecule has 0 fully saturated rings. The quantitative estimate of drug-likeness (QED) is 0.671. The third-order valence-corrected chi connectivity index (χ3v) is 1.76. The van der Waals surface area contributed by atoms with Crippen LogP contribution in [0, 0.1) is 0 Å². The van der Waals surface area contributed by atoms with Crippen LogP contribution in [0.25, 0.3) is 0 Å². The maximum Gasteiger partial charge on any atom is 0.122 e. The van der Waals surface area contributed by atoms with Crippen molar-refractivity contribution in [2.45, 2.75) is 33.6 Å². The molecule has 1 nitrogen and oxygen atoms in total. The van der Waals surface area contributed by atoms with Crippen LogP contribution in [0.15, 0.2) is 24.3 Å². The van der Waals surface area contributed by atoms with E-state index in [-0.39, 0.29) is 0 Å². The van der Waals surface area contributed by atoms with Crippen LogP contribution in [-0.4, -0.2) is 7.11 Å². The van der Waals surface area contributed by atoms with Gasteiger partial charge in [0.15, 0.2) is 0 Å². The van der Waals surface area contributed by atoms with Gasteiger partial charge in [-0.1, -0.05) is 45.9 Å². The average Bonchev–Trinajstić information content (AvgIpc) is 2.20. The molecule has 1 heteroatoms. The minimum Gasteiger partial charge on any atom is -0.496 e. The number of ether oxygens (including phenoxy) is 1. The van der Waals surface area contributed by atoms with Gasteiger partial charge in [-0.3, -0.25) is 0 Å². The normalized spacial score (nSPS) is 9.08. The molecular weight excluding hydrogens is 160 g/mol. The lowest BCUT2D eigenvalue weighted by Crippen LogP contribution is -1.92. The molecular formula is C12H20O. The molecule has 0 spiro atoms. The molecule has 0 saturated carbocycles. The van der Waals surface area contributed by atoms with E-state index >= 15 is 0 Å². The molecule has 1 rings (SSSR count). The second-order valence-electron chi connectivity index (χ2n) is 2.90. The van der Waals surface area contributed by atoms with Crippen molar-refractivity contribution in [3.63, 3.8) is 0 Å². The van der Waals surface area contributed by atoms with Crippen LogP contribution in [0.1, 0.15) is 39.2 Å². The smallest absolute Gasteiger partial charge is 0.122 e. The number of hydrogen-bond donors (Lipinski definition) is 0. The van der Waals surface area contributed by atoms with Gasteiger partial charge in [-0.15, -0.1) is 0 Å². The maximum absolute atomic E-state index is 5.21. The molecule has 0 aromatic heterocycles. The summed E-state index contributed by atoms with van der Waals surface area (Å²) in [5, 5.41) is 0. The summed E-state index contributed by atoms with van der Waals surface area (Å²) in [5.41, 5.74) is 1.27. The molecule has 0 unspecified atom stereocenters. The number of para-hydroxylation sites is 1. The predicted molar refractivity (Wildman–Crippen MR) is 58.4 cm³/mol. The van der Waals surface area contributed by atoms with Gasteiger partial charge < -0.3 is 4.74 Å². The third kappa shape index (κ3) is 3.49. The zero-order valence-electron chi connectivity index (χ0n) is 9.29. The maximum atomic E-state index is 5.21. The van der Waals surface area contributed by atoms with E-state index in [9.17, 15) is 0 Å². The summed E-state index contributed by atoms with van der Waals surface area (Å²) in [5.74, 6) is 1.52. The first-order valence-electron chi connectivity index (χ1n) is 4.88. The summed E-state index contributed by atoms with van der Waals surface area (Å²) in [4.78, 5) is 0. The van der Waals surface area contributed by atoms with E-state index in [4.69, 9.17) is 4.74 Å². The summed E-state index contributed by atoms with van der Waals surface area (Å²) in [6.45, 7) is 8.33. The first kappa shape index (κ1) is 12.0. The van der Waals surface area contributed by atoms with Gasteiger partial charge in [-0.25, -0.2) is 0 Å². The van der Waals surface area contributed by atoms with E-state index in [2.05, 4.69) is 19.9 Å². The summed E-state index contributed by atoms with van der Waals surface area (Å²) < 4.78 is 5.21. The van der Waals surface area contributed by atoms with Crippen molar-refractivity contribution in [2.24, 2.45) is 0 Å². The molecule has 1 aromatic carbocycles. The van der Waals surface area contributed by atoms with E-state index < -0.39 is 0 Å². The van der Waals surface area contributed by atoms with Gasteiger partial charge in [-0.05, 0) is 17.5 Å². The van der Waals surface area contributed by atoms with Crippen LogP contribution in [0.4, 0.5) is 0 Å². The highest BCUT2D eigenvalue weighted by Gasteiger charge is 2.03. The van der Waals surface area contributed by atoms with Crippen LogP contribution >= 0.6 is 0 Å². The average molecular weight is 180 g/mol. The number of benzene rings is 1. The summed E-state index contributed by atoms with van der Waals surface area (Å²) >= 11 is 0. The van der Waals surface area contributed by atoms with Crippen LogP contribution in [0.5, 0.6) is 5.75 Å². The van der Waals surface area contributed by atoms with E-state index in [1.165, 1.54) is 5.56 Å². The van der Waals surface area contributed by atoms with E-state index in [1.54, 1.807) is 7.11 Å². The Labute approximate surface area is 81.7 Å². The number of methoxy groups -OCH3 is 1. The molecule has 0 aliphatic rings. The van der Waals surface area contributed by atoms with Crippen LogP contribution in [0.3, 0.4) is 0 Å². The fourth-order valence-corrected chi connectivity index (χ4v) is 1.14. The van der Waals surface area contributed by atoms with Crippen molar-refractivity contribution in [3.8, 4) is 5.75 Å². The first-order chi connectivity index (χ1) is 6.25. The monoisotopic (exact) mass is 180 g/mol. The van der Waals surface area contributed by atoms with Gasteiger partial charge in [0.25, 0.3) is 0 Å². The summed E-state index contributed by atoms with van der Waals surface area (Å²) in [6, 6.07) is 8.13. The second kappa shape index (κ2) is 6.53. The van der Waals surface area contributed by atoms with Crippen molar-refractivity contribution in [2.75, 3.05) is 7.11 Å². The molecule has 13 heavy (non-hydrogen) atoms. The summed E-state index contributed by atoms with van der Waals surface area (Å²) in [7, 11) is 1.71. The molecule has 0 radical (unpaired) electrons. The Morgan fingerprint density at radius 1 is 1.08 bits per heavy atom. The Morgan fingerprint density at radius 3 is 2.00 bits per heavy atom. The Kier molecular flexibility index (Phi) is 6.03. The van der Waals surface area contributed by atoms with Crippen LogP contribution in [0.2, 0.25) is 0 Å². The van der Waals surface area contributed by atoms with Gasteiger partial charge in [0, 0.05) is 0 Å². The Bertz CT molecular complexity index is 228. The van der Waals surface area contributed by atoms with Crippen LogP contribution < -0.4 is 4.74 Å². The number of hydrogen-bond acceptors (Lipinski definition) is 1. The van der Waals surface area contributed by atoms with Crippen molar-refractivity contribution >= 4 is 0 Å². The molecule has 0 saturated heterocycles. The minimum absolute atomic E-state index is 0.533. The van der Waals surface area contributed by atoms with E-state index in [0.717, 1.165) is 5.75 Å². The molecule has 0 atom stereocenters.